The van der Waals surface area contributed by atoms with E-state index >= 15 is 0 Å². The lowest BCUT2D eigenvalue weighted by molar-refractivity contribution is 0.0673. The number of rotatable bonds is 3. The summed E-state index contributed by atoms with van der Waals surface area (Å²) in [6.07, 6.45) is 5.12. The minimum atomic E-state index is 0.0741. The molecule has 0 N–H and O–H groups in total. The summed E-state index contributed by atoms with van der Waals surface area (Å²) in [5, 5.41) is 0. The van der Waals surface area contributed by atoms with Gasteiger partial charge < -0.3 is 14.4 Å². The van der Waals surface area contributed by atoms with Crippen LogP contribution in [0.4, 0.5) is 0 Å². The zero-order valence-electron chi connectivity index (χ0n) is 14.4. The zero-order valence-corrected chi connectivity index (χ0v) is 14.4. The summed E-state index contributed by atoms with van der Waals surface area (Å²) in [6, 6.07) is 9.62. The van der Waals surface area contributed by atoms with Gasteiger partial charge in [0.2, 0.25) is 6.79 Å². The maximum absolute atomic E-state index is 12.9. The Kier molecular flexibility index (Phi) is 4.30. The Morgan fingerprint density at radius 3 is 2.96 bits per heavy atom. The number of hydrogen-bond acceptors (Lipinski definition) is 4. The average Bonchev–Trinajstić information content (AvgIpc) is 3.11. The molecule has 2 aromatic rings. The van der Waals surface area contributed by atoms with Gasteiger partial charge in [0.05, 0.1) is 0 Å². The first-order chi connectivity index (χ1) is 12.2. The minimum absolute atomic E-state index is 0.0741. The van der Waals surface area contributed by atoms with Crippen molar-refractivity contribution in [3.05, 3.63) is 53.3 Å². The highest BCUT2D eigenvalue weighted by molar-refractivity contribution is 5.95. The van der Waals surface area contributed by atoms with Crippen LogP contribution in [0.1, 0.15) is 34.5 Å². The molecule has 1 saturated heterocycles. The smallest absolute Gasteiger partial charge is 0.254 e. The summed E-state index contributed by atoms with van der Waals surface area (Å²) in [5.41, 5.74) is 2.95. The molecule has 5 nitrogen and oxygen atoms in total. The second kappa shape index (κ2) is 6.75. The maximum atomic E-state index is 12.9. The molecule has 2 aliphatic heterocycles. The number of likely N-dealkylation sites (tertiary alicyclic amines) is 1. The van der Waals surface area contributed by atoms with E-state index in [2.05, 4.69) is 11.1 Å². The molecule has 4 rings (SSSR count). The summed E-state index contributed by atoms with van der Waals surface area (Å²) in [7, 11) is 0. The molecule has 3 heterocycles. The van der Waals surface area contributed by atoms with Crippen LogP contribution in [0.15, 0.2) is 36.5 Å². The summed E-state index contributed by atoms with van der Waals surface area (Å²) in [6.45, 7) is 3.83. The van der Waals surface area contributed by atoms with Crippen LogP contribution in [0, 0.1) is 12.8 Å². The van der Waals surface area contributed by atoms with Crippen molar-refractivity contribution in [3.63, 3.8) is 0 Å². The van der Waals surface area contributed by atoms with Gasteiger partial charge in [0.25, 0.3) is 5.91 Å². The van der Waals surface area contributed by atoms with Crippen molar-refractivity contribution in [3.8, 4) is 11.5 Å². The Labute approximate surface area is 147 Å². The third-order valence-electron chi connectivity index (χ3n) is 4.92. The monoisotopic (exact) mass is 338 g/mol. The second-order valence-corrected chi connectivity index (χ2v) is 6.84. The van der Waals surface area contributed by atoms with Gasteiger partial charge in [-0.2, -0.15) is 0 Å². The molecule has 0 radical (unpaired) electrons. The Balaban J connectivity index is 1.43. The first-order valence-corrected chi connectivity index (χ1v) is 8.79. The van der Waals surface area contributed by atoms with E-state index in [4.69, 9.17) is 9.47 Å². The fourth-order valence-electron chi connectivity index (χ4n) is 3.58. The molecule has 1 amide bonds. The molecule has 5 heteroatoms. The number of amides is 1. The standard InChI is InChI=1S/C20H22N2O3/c1-14-4-5-15(11-21-14)9-16-3-2-8-22(12-16)20(23)17-6-7-18-19(10-17)25-13-24-18/h4-7,10-11,16H,2-3,8-9,12-13H2,1H3/t16-/m0/s1. The highest BCUT2D eigenvalue weighted by Crippen LogP contribution is 2.33. The predicted octanol–water partition coefficient (Wildman–Crippen LogP) is 3.21. The molecule has 1 aromatic heterocycles. The van der Waals surface area contributed by atoms with E-state index in [0.29, 0.717) is 23.0 Å². The molecule has 0 unspecified atom stereocenters. The molecular weight excluding hydrogens is 316 g/mol. The fraction of sp³-hybridized carbons (Fsp3) is 0.400. The lowest BCUT2D eigenvalue weighted by Crippen LogP contribution is -2.40. The van der Waals surface area contributed by atoms with Gasteiger partial charge in [0.1, 0.15) is 0 Å². The third-order valence-corrected chi connectivity index (χ3v) is 4.92. The van der Waals surface area contributed by atoms with Gasteiger partial charge in [-0.25, -0.2) is 0 Å². The highest BCUT2D eigenvalue weighted by Gasteiger charge is 2.26. The Bertz CT molecular complexity index is 773. The molecule has 25 heavy (non-hydrogen) atoms. The predicted molar refractivity (Wildman–Crippen MR) is 93.9 cm³/mol. The van der Waals surface area contributed by atoms with E-state index in [9.17, 15) is 4.79 Å². The Morgan fingerprint density at radius 2 is 2.12 bits per heavy atom. The summed E-state index contributed by atoms with van der Waals surface area (Å²) in [4.78, 5) is 19.2. The number of fused-ring (bicyclic) bond motifs is 1. The molecule has 1 aromatic carbocycles. The second-order valence-electron chi connectivity index (χ2n) is 6.84. The van der Waals surface area contributed by atoms with E-state index in [1.165, 1.54) is 5.56 Å². The van der Waals surface area contributed by atoms with Gasteiger partial charge in [-0.05, 0) is 61.9 Å². The summed E-state index contributed by atoms with van der Waals surface area (Å²) >= 11 is 0. The van der Waals surface area contributed by atoms with Crippen molar-refractivity contribution in [2.24, 2.45) is 5.92 Å². The van der Waals surface area contributed by atoms with Gasteiger partial charge in [-0.3, -0.25) is 9.78 Å². The zero-order chi connectivity index (χ0) is 17.2. The normalized spacial score (nSPS) is 19.1. The number of aromatic nitrogens is 1. The molecule has 0 aliphatic carbocycles. The first kappa shape index (κ1) is 15.9. The topological polar surface area (TPSA) is 51.7 Å². The van der Waals surface area contributed by atoms with Crippen LogP contribution >= 0.6 is 0 Å². The van der Waals surface area contributed by atoms with Gasteiger partial charge in [0, 0.05) is 30.5 Å². The Morgan fingerprint density at radius 1 is 1.24 bits per heavy atom. The van der Waals surface area contributed by atoms with Crippen LogP contribution < -0.4 is 9.47 Å². The van der Waals surface area contributed by atoms with Crippen molar-refractivity contribution < 1.29 is 14.3 Å². The van der Waals surface area contributed by atoms with Crippen LogP contribution in [-0.4, -0.2) is 35.7 Å². The molecular formula is C20H22N2O3. The van der Waals surface area contributed by atoms with Crippen LogP contribution in [0.25, 0.3) is 0 Å². The van der Waals surface area contributed by atoms with E-state index in [1.807, 2.05) is 36.2 Å². The van der Waals surface area contributed by atoms with Gasteiger partial charge >= 0.3 is 0 Å². The number of benzene rings is 1. The van der Waals surface area contributed by atoms with E-state index in [0.717, 1.165) is 38.0 Å². The van der Waals surface area contributed by atoms with Crippen LogP contribution in [-0.2, 0) is 6.42 Å². The van der Waals surface area contributed by atoms with Crippen LogP contribution in [0.3, 0.4) is 0 Å². The largest absolute Gasteiger partial charge is 0.454 e. The minimum Gasteiger partial charge on any atom is -0.454 e. The van der Waals surface area contributed by atoms with Crippen molar-refractivity contribution in [2.45, 2.75) is 26.2 Å². The first-order valence-electron chi connectivity index (χ1n) is 8.79. The van der Waals surface area contributed by atoms with Crippen molar-refractivity contribution >= 4 is 5.91 Å². The van der Waals surface area contributed by atoms with Crippen molar-refractivity contribution in [1.29, 1.82) is 0 Å². The third kappa shape index (κ3) is 3.45. The van der Waals surface area contributed by atoms with Gasteiger partial charge in [-0.1, -0.05) is 6.07 Å². The van der Waals surface area contributed by atoms with E-state index in [1.54, 1.807) is 6.07 Å². The van der Waals surface area contributed by atoms with Crippen LogP contribution in [0.5, 0.6) is 11.5 Å². The number of nitrogens with zero attached hydrogens (tertiary/aromatic N) is 2. The number of piperidine rings is 1. The number of aryl methyl sites for hydroxylation is 1. The number of carbonyl (C=O) groups excluding carboxylic acids is 1. The SMILES string of the molecule is Cc1ccc(C[C@@H]2CCCN(C(=O)c3ccc4c(c3)OCO4)C2)cn1. The summed E-state index contributed by atoms with van der Waals surface area (Å²) < 4.78 is 10.7. The molecule has 1 atom stereocenters. The van der Waals surface area contributed by atoms with Crippen molar-refractivity contribution in [1.82, 2.24) is 9.88 Å². The molecule has 0 bridgehead atoms. The fourth-order valence-corrected chi connectivity index (χ4v) is 3.58. The van der Waals surface area contributed by atoms with Crippen LogP contribution in [0.2, 0.25) is 0 Å². The van der Waals surface area contributed by atoms with Gasteiger partial charge in [-0.15, -0.1) is 0 Å². The lowest BCUT2D eigenvalue weighted by atomic mass is 9.91. The number of pyridine rings is 1. The quantitative estimate of drug-likeness (QED) is 0.862. The average molecular weight is 338 g/mol. The number of carbonyl (C=O) groups is 1. The summed E-state index contributed by atoms with van der Waals surface area (Å²) in [5.74, 6) is 1.92. The Hall–Kier alpha value is -2.56. The van der Waals surface area contributed by atoms with E-state index < -0.39 is 0 Å². The number of ether oxygens (including phenoxy) is 2. The van der Waals surface area contributed by atoms with Gasteiger partial charge in [0.15, 0.2) is 11.5 Å². The highest BCUT2D eigenvalue weighted by atomic mass is 16.7. The van der Waals surface area contributed by atoms with Crippen molar-refractivity contribution in [2.75, 3.05) is 19.9 Å². The maximum Gasteiger partial charge on any atom is 0.254 e. The molecule has 0 spiro atoms. The molecule has 1 fully saturated rings. The lowest BCUT2D eigenvalue weighted by Gasteiger charge is -2.33. The number of hydrogen-bond donors (Lipinski definition) is 0. The van der Waals surface area contributed by atoms with E-state index in [-0.39, 0.29) is 12.7 Å². The molecule has 130 valence electrons. The molecule has 0 saturated carbocycles. The molecule has 2 aliphatic rings.